The van der Waals surface area contributed by atoms with Crippen molar-refractivity contribution in [2.45, 2.75) is 13.8 Å². The fourth-order valence-electron chi connectivity index (χ4n) is 2.84. The number of nitrogens with one attached hydrogen (secondary N) is 1. The van der Waals surface area contributed by atoms with Gasteiger partial charge in [0, 0.05) is 6.07 Å². The molecule has 0 fully saturated rings. The first kappa shape index (κ1) is 24.4. The molecule has 1 amide bonds. The molecule has 1 aromatic heterocycles. The Balaban J connectivity index is 1.87. The van der Waals surface area contributed by atoms with Gasteiger partial charge >= 0.3 is 5.97 Å². The maximum atomic E-state index is 12.6. The maximum Gasteiger partial charge on any atom is 0.343 e. The molecule has 0 saturated heterocycles. The second kappa shape index (κ2) is 11.0. The standard InChI is InChI=1S/C24H20ClN3O6/c1-4-32-20-12-15(10-17(13-26)23(29)27-21-9-14(2)34-28-21)11-19(25)22(20)33-24(30)16-5-7-18(31-3)8-6-16/h5-12H,4H2,1-3H3,(H,27,28,29). The van der Waals surface area contributed by atoms with E-state index in [-0.39, 0.29) is 40.1 Å². The molecular weight excluding hydrogens is 462 g/mol. The molecule has 0 bridgehead atoms. The van der Waals surface area contributed by atoms with Crippen molar-refractivity contribution in [1.82, 2.24) is 5.16 Å². The molecule has 0 aliphatic carbocycles. The van der Waals surface area contributed by atoms with Gasteiger partial charge in [-0.2, -0.15) is 5.26 Å². The molecule has 0 atom stereocenters. The number of ether oxygens (including phenoxy) is 3. The van der Waals surface area contributed by atoms with Crippen LogP contribution in [-0.2, 0) is 4.79 Å². The average molecular weight is 482 g/mol. The first-order valence-electron chi connectivity index (χ1n) is 10.0. The van der Waals surface area contributed by atoms with Gasteiger partial charge < -0.3 is 24.1 Å². The Morgan fingerprint density at radius 3 is 2.56 bits per heavy atom. The van der Waals surface area contributed by atoms with Crippen molar-refractivity contribution in [3.63, 3.8) is 0 Å². The van der Waals surface area contributed by atoms with Crippen LogP contribution in [0, 0.1) is 18.3 Å². The van der Waals surface area contributed by atoms with E-state index in [0.717, 1.165) is 0 Å². The van der Waals surface area contributed by atoms with Crippen molar-refractivity contribution in [1.29, 1.82) is 5.26 Å². The summed E-state index contributed by atoms with van der Waals surface area (Å²) in [6.07, 6.45) is 1.33. The van der Waals surface area contributed by atoms with E-state index in [1.807, 2.05) is 6.07 Å². The minimum atomic E-state index is -0.681. The van der Waals surface area contributed by atoms with Crippen LogP contribution in [0.4, 0.5) is 5.82 Å². The van der Waals surface area contributed by atoms with E-state index < -0.39 is 11.9 Å². The van der Waals surface area contributed by atoms with Gasteiger partial charge in [0.15, 0.2) is 17.3 Å². The number of carbonyl (C=O) groups is 2. The number of halogens is 1. The van der Waals surface area contributed by atoms with Gasteiger partial charge in [-0.1, -0.05) is 16.8 Å². The van der Waals surface area contributed by atoms with Crippen molar-refractivity contribution in [3.8, 4) is 23.3 Å². The molecule has 1 N–H and O–H groups in total. The quantitative estimate of drug-likeness (QED) is 0.210. The summed E-state index contributed by atoms with van der Waals surface area (Å²) < 4.78 is 21.1. The first-order chi connectivity index (χ1) is 16.3. The van der Waals surface area contributed by atoms with Crippen LogP contribution >= 0.6 is 11.6 Å². The Labute approximate surface area is 200 Å². The number of anilines is 1. The number of methoxy groups -OCH3 is 1. The first-order valence-corrected chi connectivity index (χ1v) is 10.4. The molecule has 0 unspecified atom stereocenters. The fourth-order valence-corrected chi connectivity index (χ4v) is 3.09. The number of hydrogen-bond acceptors (Lipinski definition) is 8. The zero-order valence-corrected chi connectivity index (χ0v) is 19.3. The Morgan fingerprint density at radius 1 is 1.24 bits per heavy atom. The molecule has 2 aromatic carbocycles. The van der Waals surface area contributed by atoms with E-state index in [0.29, 0.717) is 17.1 Å². The van der Waals surface area contributed by atoms with Crippen LogP contribution in [0.5, 0.6) is 17.2 Å². The van der Waals surface area contributed by atoms with Crippen molar-refractivity contribution < 1.29 is 28.3 Å². The van der Waals surface area contributed by atoms with Crippen LogP contribution < -0.4 is 19.5 Å². The lowest BCUT2D eigenvalue weighted by molar-refractivity contribution is -0.112. The summed E-state index contributed by atoms with van der Waals surface area (Å²) in [4.78, 5) is 25.0. The highest BCUT2D eigenvalue weighted by Crippen LogP contribution is 2.38. The van der Waals surface area contributed by atoms with Gasteiger partial charge in [0.05, 0.1) is 24.3 Å². The maximum absolute atomic E-state index is 12.6. The number of nitrogens with zero attached hydrogens (tertiary/aromatic N) is 2. The average Bonchev–Trinajstić information content (AvgIpc) is 3.24. The lowest BCUT2D eigenvalue weighted by atomic mass is 10.1. The normalized spacial score (nSPS) is 10.9. The SMILES string of the molecule is CCOc1cc(C=C(C#N)C(=O)Nc2cc(C)on2)cc(Cl)c1OC(=O)c1ccc(OC)cc1. The Morgan fingerprint density at radius 2 is 1.97 bits per heavy atom. The van der Waals surface area contributed by atoms with Crippen molar-refractivity contribution in [3.05, 3.63) is 69.9 Å². The number of rotatable bonds is 8. The predicted molar refractivity (Wildman–Crippen MR) is 124 cm³/mol. The van der Waals surface area contributed by atoms with E-state index in [1.54, 1.807) is 38.1 Å². The van der Waals surface area contributed by atoms with Crippen LogP contribution in [-0.4, -0.2) is 30.7 Å². The van der Waals surface area contributed by atoms with Crippen molar-refractivity contribution in [2.75, 3.05) is 19.0 Å². The molecule has 9 nitrogen and oxygen atoms in total. The minimum absolute atomic E-state index is 0.0162. The molecule has 3 aromatic rings. The van der Waals surface area contributed by atoms with Gasteiger partial charge in [-0.05, 0) is 61.9 Å². The lowest BCUT2D eigenvalue weighted by Gasteiger charge is -2.13. The highest BCUT2D eigenvalue weighted by Gasteiger charge is 2.19. The molecule has 0 aliphatic rings. The van der Waals surface area contributed by atoms with Crippen molar-refractivity contribution >= 4 is 35.4 Å². The van der Waals surface area contributed by atoms with Crippen molar-refractivity contribution in [2.24, 2.45) is 0 Å². The zero-order valence-electron chi connectivity index (χ0n) is 18.5. The lowest BCUT2D eigenvalue weighted by Crippen LogP contribution is -2.13. The highest BCUT2D eigenvalue weighted by molar-refractivity contribution is 6.32. The molecular formula is C24H20ClN3O6. The number of hydrogen-bond donors (Lipinski definition) is 1. The Hall–Kier alpha value is -4.29. The summed E-state index contributed by atoms with van der Waals surface area (Å²) in [7, 11) is 1.52. The number of aromatic nitrogens is 1. The van der Waals surface area contributed by atoms with Crippen LogP contribution in [0.25, 0.3) is 6.08 Å². The van der Waals surface area contributed by atoms with Gasteiger partial charge in [0.2, 0.25) is 0 Å². The fraction of sp³-hybridized carbons (Fsp3) is 0.167. The summed E-state index contributed by atoms with van der Waals surface area (Å²) in [5, 5.41) is 15.7. The van der Waals surface area contributed by atoms with Crippen LogP contribution in [0.2, 0.25) is 5.02 Å². The van der Waals surface area contributed by atoms with E-state index >= 15 is 0 Å². The molecule has 0 saturated carbocycles. The summed E-state index contributed by atoms with van der Waals surface area (Å²) in [5.41, 5.74) is 0.470. The van der Waals surface area contributed by atoms with E-state index in [9.17, 15) is 14.9 Å². The van der Waals surface area contributed by atoms with Gasteiger partial charge in [-0.3, -0.25) is 4.79 Å². The van der Waals surface area contributed by atoms with E-state index in [1.165, 1.54) is 31.4 Å². The van der Waals surface area contributed by atoms with E-state index in [4.69, 9.17) is 30.3 Å². The third kappa shape index (κ3) is 5.94. The molecule has 0 aliphatic heterocycles. The van der Waals surface area contributed by atoms with Gasteiger partial charge in [-0.15, -0.1) is 0 Å². The van der Waals surface area contributed by atoms with Crippen LogP contribution in [0.1, 0.15) is 28.6 Å². The van der Waals surface area contributed by atoms with Gasteiger partial charge in [0.25, 0.3) is 5.91 Å². The number of aryl methyl sites for hydroxylation is 1. The Bertz CT molecular complexity index is 1270. The molecule has 34 heavy (non-hydrogen) atoms. The van der Waals surface area contributed by atoms with Crippen LogP contribution in [0.15, 0.2) is 52.6 Å². The highest BCUT2D eigenvalue weighted by atomic mass is 35.5. The van der Waals surface area contributed by atoms with Gasteiger partial charge in [0.1, 0.15) is 23.2 Å². The minimum Gasteiger partial charge on any atom is -0.497 e. The second-order valence-corrected chi connectivity index (χ2v) is 7.23. The zero-order chi connectivity index (χ0) is 24.7. The predicted octanol–water partition coefficient (Wildman–Crippen LogP) is 4.81. The molecule has 1 heterocycles. The topological polar surface area (TPSA) is 124 Å². The number of nitriles is 1. The van der Waals surface area contributed by atoms with E-state index in [2.05, 4.69) is 10.5 Å². The number of benzene rings is 2. The third-order valence-electron chi connectivity index (χ3n) is 4.40. The molecule has 0 radical (unpaired) electrons. The second-order valence-electron chi connectivity index (χ2n) is 6.83. The number of esters is 1. The molecule has 174 valence electrons. The summed E-state index contributed by atoms with van der Waals surface area (Å²) in [6.45, 7) is 3.68. The monoisotopic (exact) mass is 481 g/mol. The smallest absolute Gasteiger partial charge is 0.343 e. The number of carbonyl (C=O) groups excluding carboxylic acids is 2. The summed E-state index contributed by atoms with van der Waals surface area (Å²) >= 11 is 6.38. The van der Waals surface area contributed by atoms with Crippen LogP contribution in [0.3, 0.4) is 0 Å². The molecule has 10 heteroatoms. The Kier molecular flexibility index (Phi) is 7.90. The summed E-state index contributed by atoms with van der Waals surface area (Å²) in [6, 6.07) is 12.7. The molecule has 0 spiro atoms. The third-order valence-corrected chi connectivity index (χ3v) is 4.68. The summed E-state index contributed by atoms with van der Waals surface area (Å²) in [5.74, 6) is 0.143. The van der Waals surface area contributed by atoms with Gasteiger partial charge in [-0.25, -0.2) is 4.79 Å². The largest absolute Gasteiger partial charge is 0.497 e. The molecule has 3 rings (SSSR count). The number of amides is 1.